The van der Waals surface area contributed by atoms with Gasteiger partial charge in [0.25, 0.3) is 11.7 Å². The zero-order valence-electron chi connectivity index (χ0n) is 15.5. The molecule has 3 heterocycles. The van der Waals surface area contributed by atoms with E-state index in [2.05, 4.69) is 0 Å². The van der Waals surface area contributed by atoms with Crippen LogP contribution in [0.3, 0.4) is 0 Å². The average Bonchev–Trinajstić information content (AvgIpc) is 3.46. The zero-order valence-corrected chi connectivity index (χ0v) is 16.3. The van der Waals surface area contributed by atoms with Gasteiger partial charge in [0, 0.05) is 23.6 Å². The molecule has 0 bridgehead atoms. The highest BCUT2D eigenvalue weighted by Crippen LogP contribution is 2.41. The number of methoxy groups -OCH3 is 1. The van der Waals surface area contributed by atoms with Crippen LogP contribution in [0, 0.1) is 0 Å². The van der Waals surface area contributed by atoms with Gasteiger partial charge in [-0.25, -0.2) is 0 Å². The first kappa shape index (κ1) is 18.7. The van der Waals surface area contributed by atoms with Gasteiger partial charge in [0.1, 0.15) is 11.5 Å². The van der Waals surface area contributed by atoms with Crippen molar-refractivity contribution in [3.8, 4) is 5.75 Å². The van der Waals surface area contributed by atoms with E-state index in [1.54, 1.807) is 36.3 Å². The van der Waals surface area contributed by atoms with Gasteiger partial charge in [-0.2, -0.15) is 0 Å². The fraction of sp³-hybridized carbons (Fsp3) is 0.333. The molecular weight excluding hydrogens is 378 g/mol. The Morgan fingerprint density at radius 3 is 2.68 bits per heavy atom. The molecule has 2 aromatic rings. The molecule has 4 rings (SSSR count). The van der Waals surface area contributed by atoms with Crippen molar-refractivity contribution in [3.05, 3.63) is 57.8 Å². The summed E-state index contributed by atoms with van der Waals surface area (Å²) in [6.45, 7) is 1.01. The third-order valence-electron chi connectivity index (χ3n) is 5.14. The van der Waals surface area contributed by atoms with E-state index in [4.69, 9.17) is 9.47 Å². The van der Waals surface area contributed by atoms with Crippen molar-refractivity contribution in [2.45, 2.75) is 25.0 Å². The monoisotopic (exact) mass is 399 g/mol. The Bertz CT molecular complexity index is 897. The second-order valence-corrected chi connectivity index (χ2v) is 7.81. The van der Waals surface area contributed by atoms with E-state index >= 15 is 0 Å². The van der Waals surface area contributed by atoms with Crippen molar-refractivity contribution in [1.29, 1.82) is 0 Å². The van der Waals surface area contributed by atoms with Gasteiger partial charge in [0.15, 0.2) is 0 Å². The number of Topliss-reactive ketones (excluding diaryl/α,β-unsaturated/α-hetero) is 1. The average molecular weight is 399 g/mol. The van der Waals surface area contributed by atoms with Gasteiger partial charge in [-0.1, -0.05) is 6.07 Å². The van der Waals surface area contributed by atoms with Gasteiger partial charge >= 0.3 is 0 Å². The van der Waals surface area contributed by atoms with Gasteiger partial charge in [-0.05, 0) is 48.6 Å². The molecule has 2 atom stereocenters. The van der Waals surface area contributed by atoms with Crippen LogP contribution in [0.25, 0.3) is 5.76 Å². The lowest BCUT2D eigenvalue weighted by molar-refractivity contribution is -0.140. The molecule has 0 aliphatic carbocycles. The summed E-state index contributed by atoms with van der Waals surface area (Å²) < 4.78 is 10.8. The van der Waals surface area contributed by atoms with Gasteiger partial charge < -0.3 is 19.5 Å². The Hall–Kier alpha value is -2.64. The molecular formula is C21H21NO5S. The van der Waals surface area contributed by atoms with Crippen LogP contribution < -0.4 is 4.74 Å². The van der Waals surface area contributed by atoms with Crippen LogP contribution in [0.5, 0.6) is 5.75 Å². The summed E-state index contributed by atoms with van der Waals surface area (Å²) in [6, 6.07) is 9.91. The van der Waals surface area contributed by atoms with E-state index in [0.717, 1.165) is 17.7 Å². The predicted octanol–water partition coefficient (Wildman–Crippen LogP) is 3.36. The molecule has 7 heteroatoms. The molecule has 0 spiro atoms. The molecule has 0 unspecified atom stereocenters. The second kappa shape index (κ2) is 7.77. The summed E-state index contributed by atoms with van der Waals surface area (Å²) in [7, 11) is 1.56. The second-order valence-electron chi connectivity index (χ2n) is 6.83. The minimum atomic E-state index is -0.662. The molecule has 0 saturated carbocycles. The lowest BCUT2D eigenvalue weighted by Crippen LogP contribution is -2.36. The highest BCUT2D eigenvalue weighted by molar-refractivity contribution is 7.10. The van der Waals surface area contributed by atoms with Crippen molar-refractivity contribution in [2.24, 2.45) is 0 Å². The fourth-order valence-electron chi connectivity index (χ4n) is 3.72. The maximum absolute atomic E-state index is 12.9. The topological polar surface area (TPSA) is 76.1 Å². The maximum atomic E-state index is 12.9. The minimum Gasteiger partial charge on any atom is -0.507 e. The molecule has 0 radical (unpaired) electrons. The number of hydrogen-bond donors (Lipinski definition) is 1. The van der Waals surface area contributed by atoms with Crippen LogP contribution in [0.4, 0.5) is 0 Å². The van der Waals surface area contributed by atoms with E-state index in [0.29, 0.717) is 24.5 Å². The number of ether oxygens (including phenoxy) is 2. The van der Waals surface area contributed by atoms with Gasteiger partial charge in [-0.15, -0.1) is 11.3 Å². The number of carbonyl (C=O) groups is 2. The number of ketones is 1. The molecule has 1 aromatic carbocycles. The van der Waals surface area contributed by atoms with E-state index in [1.165, 1.54) is 11.3 Å². The molecule has 2 aliphatic heterocycles. The number of carbonyl (C=O) groups excluding carboxylic acids is 2. The number of nitrogens with zero attached hydrogens (tertiary/aromatic N) is 1. The molecule has 1 N–H and O–H groups in total. The van der Waals surface area contributed by atoms with E-state index in [1.807, 2.05) is 17.5 Å². The van der Waals surface area contributed by atoms with Crippen molar-refractivity contribution in [3.63, 3.8) is 0 Å². The Morgan fingerprint density at radius 1 is 1.29 bits per heavy atom. The lowest BCUT2D eigenvalue weighted by atomic mass is 9.99. The highest BCUT2D eigenvalue weighted by Gasteiger charge is 2.47. The van der Waals surface area contributed by atoms with Crippen LogP contribution in [0.15, 0.2) is 47.4 Å². The van der Waals surface area contributed by atoms with Crippen molar-refractivity contribution < 1.29 is 24.2 Å². The number of benzene rings is 1. The highest BCUT2D eigenvalue weighted by atomic mass is 32.1. The molecule has 146 valence electrons. The molecule has 2 saturated heterocycles. The number of aliphatic hydroxyl groups excluding tert-OH is 1. The summed E-state index contributed by atoms with van der Waals surface area (Å²) >= 11 is 1.46. The number of amides is 1. The summed E-state index contributed by atoms with van der Waals surface area (Å²) in [5, 5.41) is 12.8. The summed E-state index contributed by atoms with van der Waals surface area (Å²) in [5.74, 6) is -0.784. The summed E-state index contributed by atoms with van der Waals surface area (Å²) in [5.41, 5.74) is 0.591. The largest absolute Gasteiger partial charge is 0.507 e. The van der Waals surface area contributed by atoms with Crippen LogP contribution in [0.1, 0.15) is 29.3 Å². The van der Waals surface area contributed by atoms with Gasteiger partial charge in [0.05, 0.1) is 24.8 Å². The molecule has 1 amide bonds. The quantitative estimate of drug-likeness (QED) is 0.474. The number of thiophene rings is 1. The summed E-state index contributed by atoms with van der Waals surface area (Å²) in [4.78, 5) is 28.0. The normalized spacial score (nSPS) is 24.1. The number of likely N-dealkylation sites (tertiary alicyclic amines) is 1. The lowest BCUT2D eigenvalue weighted by Gasteiger charge is -2.26. The third-order valence-corrected chi connectivity index (χ3v) is 6.07. The van der Waals surface area contributed by atoms with Gasteiger partial charge in [-0.3, -0.25) is 9.59 Å². The first-order valence-corrected chi connectivity index (χ1v) is 10.1. The van der Waals surface area contributed by atoms with Crippen molar-refractivity contribution >= 4 is 28.8 Å². The first-order valence-electron chi connectivity index (χ1n) is 9.18. The van der Waals surface area contributed by atoms with Crippen LogP contribution >= 0.6 is 11.3 Å². The van der Waals surface area contributed by atoms with Crippen LogP contribution in [-0.4, -0.2) is 48.1 Å². The smallest absolute Gasteiger partial charge is 0.295 e. The SMILES string of the molecule is COc1ccc(/C(O)=C2\C(=O)C(=O)N(C[C@H]3CCCO3)[C@@H]2c2cccs2)cc1. The molecule has 28 heavy (non-hydrogen) atoms. The Morgan fingerprint density at radius 2 is 2.07 bits per heavy atom. The summed E-state index contributed by atoms with van der Waals surface area (Å²) in [6.07, 6.45) is 1.73. The minimum absolute atomic E-state index is 0.0818. The number of aliphatic hydroxyl groups is 1. The van der Waals surface area contributed by atoms with Crippen molar-refractivity contribution in [2.75, 3.05) is 20.3 Å². The van der Waals surface area contributed by atoms with E-state index < -0.39 is 17.7 Å². The van der Waals surface area contributed by atoms with Crippen LogP contribution in [-0.2, 0) is 14.3 Å². The predicted molar refractivity (Wildman–Crippen MR) is 105 cm³/mol. The van der Waals surface area contributed by atoms with Gasteiger partial charge in [0.2, 0.25) is 0 Å². The zero-order chi connectivity index (χ0) is 19.7. The van der Waals surface area contributed by atoms with E-state index in [-0.39, 0.29) is 17.4 Å². The Kier molecular flexibility index (Phi) is 5.19. The molecule has 6 nitrogen and oxygen atoms in total. The van der Waals surface area contributed by atoms with E-state index in [9.17, 15) is 14.7 Å². The first-order chi connectivity index (χ1) is 13.6. The standard InChI is InChI=1S/C21H21NO5S/c1-26-14-8-6-13(7-9-14)19(23)17-18(16-5-3-11-28-16)22(21(25)20(17)24)12-15-4-2-10-27-15/h3,5-9,11,15,18,23H,2,4,10,12H2,1H3/b19-17+/t15-,18-/m1/s1. The number of rotatable bonds is 5. The fourth-order valence-corrected chi connectivity index (χ4v) is 4.57. The third kappa shape index (κ3) is 3.31. The Labute approximate surface area is 167 Å². The molecule has 1 aromatic heterocycles. The Balaban J connectivity index is 1.76. The number of hydrogen-bond acceptors (Lipinski definition) is 6. The maximum Gasteiger partial charge on any atom is 0.295 e. The molecule has 2 aliphatic rings. The van der Waals surface area contributed by atoms with Crippen molar-refractivity contribution in [1.82, 2.24) is 4.90 Å². The van der Waals surface area contributed by atoms with Crippen LogP contribution in [0.2, 0.25) is 0 Å². The molecule has 2 fully saturated rings.